The molecule has 0 fully saturated rings. The lowest BCUT2D eigenvalue weighted by atomic mass is 10.0. The molecule has 0 aliphatic heterocycles. The van der Waals surface area contributed by atoms with Gasteiger partial charge in [-0.05, 0) is 24.5 Å². The van der Waals surface area contributed by atoms with Crippen LogP contribution < -0.4 is 10.1 Å². The van der Waals surface area contributed by atoms with Crippen LogP contribution in [-0.2, 0) is 9.53 Å². The summed E-state index contributed by atoms with van der Waals surface area (Å²) in [6.07, 6.45) is 0.399. The molecule has 0 aliphatic carbocycles. The van der Waals surface area contributed by atoms with Gasteiger partial charge in [-0.3, -0.25) is 14.9 Å². The Labute approximate surface area is 133 Å². The average Bonchev–Trinajstić information content (AvgIpc) is 2.52. The van der Waals surface area contributed by atoms with E-state index in [0.29, 0.717) is 6.42 Å². The van der Waals surface area contributed by atoms with Crippen molar-refractivity contribution in [3.63, 3.8) is 0 Å². The zero-order valence-electron chi connectivity index (χ0n) is 13.5. The largest absolute Gasteiger partial charge is 0.490 e. The van der Waals surface area contributed by atoms with Crippen molar-refractivity contribution in [2.45, 2.75) is 26.3 Å². The monoisotopic (exact) mass is 324 g/mol. The van der Waals surface area contributed by atoms with Crippen LogP contribution >= 0.6 is 0 Å². The number of esters is 1. The molecule has 0 heterocycles. The molecule has 0 saturated heterocycles. The molecule has 23 heavy (non-hydrogen) atoms. The van der Waals surface area contributed by atoms with Crippen LogP contribution in [-0.4, -0.2) is 37.1 Å². The highest BCUT2D eigenvalue weighted by Crippen LogP contribution is 2.27. The van der Waals surface area contributed by atoms with Gasteiger partial charge in [-0.15, -0.1) is 0 Å². The fourth-order valence-electron chi connectivity index (χ4n) is 2.04. The van der Waals surface area contributed by atoms with Crippen molar-refractivity contribution in [1.29, 1.82) is 0 Å². The number of carbonyl (C=O) groups is 2. The molecule has 1 aromatic carbocycles. The molecule has 1 atom stereocenters. The van der Waals surface area contributed by atoms with Crippen LogP contribution in [0.4, 0.5) is 5.69 Å². The molecule has 1 N–H and O–H groups in total. The molecule has 8 nitrogen and oxygen atoms in total. The average molecular weight is 324 g/mol. The van der Waals surface area contributed by atoms with Crippen molar-refractivity contribution < 1.29 is 24.0 Å². The number of amides is 1. The molecular formula is C15H20N2O6. The van der Waals surface area contributed by atoms with Crippen molar-refractivity contribution in [2.24, 2.45) is 5.92 Å². The van der Waals surface area contributed by atoms with Crippen LogP contribution in [0.15, 0.2) is 18.2 Å². The van der Waals surface area contributed by atoms with Gasteiger partial charge in [0.1, 0.15) is 6.04 Å². The van der Waals surface area contributed by atoms with E-state index >= 15 is 0 Å². The van der Waals surface area contributed by atoms with Gasteiger partial charge < -0.3 is 14.8 Å². The van der Waals surface area contributed by atoms with E-state index in [1.54, 1.807) is 0 Å². The van der Waals surface area contributed by atoms with Crippen molar-refractivity contribution in [3.8, 4) is 5.75 Å². The van der Waals surface area contributed by atoms with Gasteiger partial charge in [-0.1, -0.05) is 13.8 Å². The first kappa shape index (κ1) is 18.4. The Kier molecular flexibility index (Phi) is 6.49. The molecule has 0 aromatic heterocycles. The smallest absolute Gasteiger partial charge is 0.328 e. The predicted octanol–water partition coefficient (Wildman–Crippen LogP) is 1.92. The van der Waals surface area contributed by atoms with E-state index < -0.39 is 22.8 Å². The standard InChI is InChI=1S/C15H20N2O6/c1-9(2)7-11(15(19)23-4)16-14(18)10-5-6-13(22-3)12(8-10)17(20)21/h5-6,8-9,11H,7H2,1-4H3,(H,16,18). The second-order valence-corrected chi connectivity index (χ2v) is 5.32. The number of nitro benzene ring substituents is 1. The third-order valence-corrected chi connectivity index (χ3v) is 3.14. The number of benzene rings is 1. The summed E-state index contributed by atoms with van der Waals surface area (Å²) < 4.78 is 9.55. The van der Waals surface area contributed by atoms with Crippen LogP contribution in [0.25, 0.3) is 0 Å². The van der Waals surface area contributed by atoms with Crippen molar-refractivity contribution >= 4 is 17.6 Å². The molecule has 0 radical (unpaired) electrons. The minimum atomic E-state index is -0.811. The van der Waals surface area contributed by atoms with Crippen molar-refractivity contribution in [3.05, 3.63) is 33.9 Å². The Bertz CT molecular complexity index is 600. The van der Waals surface area contributed by atoms with Gasteiger partial charge in [0.05, 0.1) is 19.1 Å². The maximum Gasteiger partial charge on any atom is 0.328 e. The van der Waals surface area contributed by atoms with Gasteiger partial charge in [-0.2, -0.15) is 0 Å². The SMILES string of the molecule is COC(=O)C(CC(C)C)NC(=O)c1ccc(OC)c([N+](=O)[O-])c1. The molecular weight excluding hydrogens is 304 g/mol. The molecule has 1 aromatic rings. The molecule has 0 aliphatic rings. The number of rotatable bonds is 7. The van der Waals surface area contributed by atoms with E-state index in [2.05, 4.69) is 10.1 Å². The van der Waals surface area contributed by atoms with Gasteiger partial charge in [0.2, 0.25) is 0 Å². The first-order valence-corrected chi connectivity index (χ1v) is 7.01. The molecule has 126 valence electrons. The van der Waals surface area contributed by atoms with Crippen LogP contribution in [0.2, 0.25) is 0 Å². The maximum absolute atomic E-state index is 12.2. The van der Waals surface area contributed by atoms with Crippen LogP contribution in [0.5, 0.6) is 5.75 Å². The summed E-state index contributed by atoms with van der Waals surface area (Å²) in [5, 5.41) is 13.5. The van der Waals surface area contributed by atoms with Gasteiger partial charge in [0.25, 0.3) is 5.91 Å². The number of ether oxygens (including phenoxy) is 2. The summed E-state index contributed by atoms with van der Waals surface area (Å²) in [5.41, 5.74) is -0.256. The number of methoxy groups -OCH3 is 2. The lowest BCUT2D eigenvalue weighted by Gasteiger charge is -2.18. The number of carbonyl (C=O) groups excluding carboxylic acids is 2. The summed E-state index contributed by atoms with van der Waals surface area (Å²) >= 11 is 0. The van der Waals surface area contributed by atoms with E-state index in [0.717, 1.165) is 6.07 Å². The molecule has 1 unspecified atom stereocenters. The minimum absolute atomic E-state index is 0.0539. The Hall–Kier alpha value is -2.64. The number of nitrogens with zero attached hydrogens (tertiary/aromatic N) is 1. The molecule has 1 amide bonds. The molecule has 0 spiro atoms. The van der Waals surface area contributed by atoms with Crippen molar-refractivity contribution in [1.82, 2.24) is 5.32 Å². The third-order valence-electron chi connectivity index (χ3n) is 3.14. The van der Waals surface area contributed by atoms with E-state index in [9.17, 15) is 19.7 Å². The minimum Gasteiger partial charge on any atom is -0.490 e. The van der Waals surface area contributed by atoms with Gasteiger partial charge in [0.15, 0.2) is 5.75 Å². The number of hydrogen-bond donors (Lipinski definition) is 1. The summed E-state index contributed by atoms with van der Waals surface area (Å²) in [6.45, 7) is 3.81. The zero-order valence-corrected chi connectivity index (χ0v) is 13.5. The quantitative estimate of drug-likeness (QED) is 0.466. The highest BCUT2D eigenvalue weighted by molar-refractivity contribution is 5.97. The zero-order chi connectivity index (χ0) is 17.6. The number of nitrogens with one attached hydrogen (secondary N) is 1. The van der Waals surface area contributed by atoms with E-state index in [1.165, 1.54) is 26.4 Å². The summed E-state index contributed by atoms with van der Waals surface area (Å²) in [5.74, 6) is -0.940. The fourth-order valence-corrected chi connectivity index (χ4v) is 2.04. The normalized spacial score (nSPS) is 11.7. The maximum atomic E-state index is 12.2. The first-order chi connectivity index (χ1) is 10.8. The number of hydrogen-bond acceptors (Lipinski definition) is 6. The lowest BCUT2D eigenvalue weighted by molar-refractivity contribution is -0.385. The van der Waals surface area contributed by atoms with E-state index in [4.69, 9.17) is 4.74 Å². The summed E-state index contributed by atoms with van der Waals surface area (Å²) in [7, 11) is 2.54. The third kappa shape index (κ3) is 4.94. The van der Waals surface area contributed by atoms with Crippen molar-refractivity contribution in [2.75, 3.05) is 14.2 Å². The van der Waals surface area contributed by atoms with Gasteiger partial charge >= 0.3 is 11.7 Å². The Morgan fingerprint density at radius 1 is 1.30 bits per heavy atom. The van der Waals surface area contributed by atoms with Gasteiger partial charge in [-0.25, -0.2) is 4.79 Å². The highest BCUT2D eigenvalue weighted by Gasteiger charge is 2.25. The molecule has 0 saturated carbocycles. The Balaban J connectivity index is 3.01. The topological polar surface area (TPSA) is 108 Å². The van der Waals surface area contributed by atoms with E-state index in [-0.39, 0.29) is 22.9 Å². The second kappa shape index (κ2) is 8.11. The highest BCUT2D eigenvalue weighted by atomic mass is 16.6. The molecule has 8 heteroatoms. The first-order valence-electron chi connectivity index (χ1n) is 7.01. The second-order valence-electron chi connectivity index (χ2n) is 5.32. The Morgan fingerprint density at radius 2 is 1.96 bits per heavy atom. The summed E-state index contributed by atoms with van der Waals surface area (Å²) in [6, 6.07) is 3.03. The predicted molar refractivity (Wildman–Crippen MR) is 82.4 cm³/mol. The van der Waals surface area contributed by atoms with E-state index in [1.807, 2.05) is 13.8 Å². The Morgan fingerprint density at radius 3 is 2.43 bits per heavy atom. The van der Waals surface area contributed by atoms with Crippen LogP contribution in [0.1, 0.15) is 30.6 Å². The summed E-state index contributed by atoms with van der Waals surface area (Å²) in [4.78, 5) is 34.3. The van der Waals surface area contributed by atoms with Crippen LogP contribution in [0, 0.1) is 16.0 Å². The number of nitro groups is 1. The van der Waals surface area contributed by atoms with Crippen LogP contribution in [0.3, 0.4) is 0 Å². The lowest BCUT2D eigenvalue weighted by Crippen LogP contribution is -2.42. The van der Waals surface area contributed by atoms with Gasteiger partial charge in [0, 0.05) is 11.6 Å². The molecule has 1 rings (SSSR count). The molecule has 0 bridgehead atoms. The fraction of sp³-hybridized carbons (Fsp3) is 0.467.